The summed E-state index contributed by atoms with van der Waals surface area (Å²) in [5.41, 5.74) is 9.81. The van der Waals surface area contributed by atoms with Crippen molar-refractivity contribution in [1.29, 1.82) is 0 Å². The lowest BCUT2D eigenvalue weighted by Gasteiger charge is -2.24. The lowest BCUT2D eigenvalue weighted by molar-refractivity contribution is -0.138. The zero-order valence-corrected chi connectivity index (χ0v) is 11.8. The Morgan fingerprint density at radius 2 is 1.27 bits per heavy atom. The summed E-state index contributed by atoms with van der Waals surface area (Å²) < 4.78 is 0. The van der Waals surface area contributed by atoms with Crippen molar-refractivity contribution in [3.63, 3.8) is 0 Å². The van der Waals surface area contributed by atoms with Gasteiger partial charge < -0.3 is 47.2 Å². The highest BCUT2D eigenvalue weighted by Gasteiger charge is 2.29. The van der Waals surface area contributed by atoms with Crippen LogP contribution in [0.2, 0.25) is 0 Å². The Bertz CT molecular complexity index is 315. The Kier molecular flexibility index (Phi) is 12.7. The molecule has 0 saturated carbocycles. The summed E-state index contributed by atoms with van der Waals surface area (Å²) in [6, 6.07) is -0.979. The smallest absolute Gasteiger partial charge is 0.320 e. The number of rotatable bonds is 9. The lowest BCUT2D eigenvalue weighted by atomic mass is 10.0. The number of aliphatic hydroxyl groups excluding tert-OH is 6. The van der Waals surface area contributed by atoms with Crippen LogP contribution >= 0.6 is 0 Å². The predicted octanol–water partition coefficient (Wildman–Crippen LogP) is -4.92. The first-order chi connectivity index (χ1) is 10.1. The molecular weight excluding hydrogens is 304 g/mol. The summed E-state index contributed by atoms with van der Waals surface area (Å²) in [7, 11) is 0. The van der Waals surface area contributed by atoms with Crippen molar-refractivity contribution in [2.45, 2.75) is 43.3 Å². The van der Waals surface area contributed by atoms with Crippen molar-refractivity contribution in [3.8, 4) is 0 Å². The third kappa shape index (κ3) is 10.4. The third-order valence-electron chi connectivity index (χ3n) is 2.53. The third-order valence-corrected chi connectivity index (χ3v) is 2.53. The van der Waals surface area contributed by atoms with E-state index in [0.717, 1.165) is 0 Å². The lowest BCUT2D eigenvalue weighted by Crippen LogP contribution is -2.46. The number of amides is 1. The number of primary amides is 1. The van der Waals surface area contributed by atoms with E-state index in [-0.39, 0.29) is 12.8 Å². The average molecular weight is 328 g/mol. The molecule has 11 nitrogen and oxygen atoms in total. The molecule has 0 fully saturated rings. The molecular formula is C11H24N2O9. The molecule has 0 rings (SSSR count). The van der Waals surface area contributed by atoms with Gasteiger partial charge in [-0.1, -0.05) is 0 Å². The average Bonchev–Trinajstić information content (AvgIpc) is 2.49. The molecule has 132 valence electrons. The predicted molar refractivity (Wildman–Crippen MR) is 72.2 cm³/mol. The van der Waals surface area contributed by atoms with Gasteiger partial charge in [0, 0.05) is 6.42 Å². The van der Waals surface area contributed by atoms with Gasteiger partial charge in [-0.25, -0.2) is 0 Å². The van der Waals surface area contributed by atoms with Crippen LogP contribution in [0.15, 0.2) is 0 Å². The molecule has 0 spiro atoms. The maximum absolute atomic E-state index is 10.1. The number of nitrogens with two attached hydrogens (primary N) is 2. The van der Waals surface area contributed by atoms with Crippen LogP contribution < -0.4 is 11.5 Å². The Labute approximate surface area is 126 Å². The number of hydrogen-bond acceptors (Lipinski definition) is 9. The monoisotopic (exact) mass is 328 g/mol. The van der Waals surface area contributed by atoms with Crippen LogP contribution in [-0.2, 0) is 9.59 Å². The van der Waals surface area contributed by atoms with Crippen molar-refractivity contribution in [2.75, 3.05) is 13.2 Å². The van der Waals surface area contributed by atoms with Gasteiger partial charge in [0.15, 0.2) is 0 Å². The molecule has 0 saturated heterocycles. The molecule has 0 aliphatic rings. The van der Waals surface area contributed by atoms with Crippen molar-refractivity contribution < 1.29 is 45.3 Å². The van der Waals surface area contributed by atoms with Gasteiger partial charge >= 0.3 is 5.97 Å². The van der Waals surface area contributed by atoms with Crippen molar-refractivity contribution >= 4 is 11.9 Å². The summed E-state index contributed by atoms with van der Waals surface area (Å²) in [4.78, 5) is 20.1. The highest BCUT2D eigenvalue weighted by atomic mass is 16.4. The van der Waals surface area contributed by atoms with E-state index in [1.165, 1.54) is 0 Å². The molecule has 0 aromatic carbocycles. The minimum Gasteiger partial charge on any atom is -0.480 e. The van der Waals surface area contributed by atoms with Gasteiger partial charge in [0.25, 0.3) is 0 Å². The van der Waals surface area contributed by atoms with E-state index in [1.54, 1.807) is 0 Å². The van der Waals surface area contributed by atoms with Gasteiger partial charge in [-0.3, -0.25) is 9.59 Å². The van der Waals surface area contributed by atoms with Crippen LogP contribution in [0.1, 0.15) is 12.8 Å². The van der Waals surface area contributed by atoms with E-state index in [4.69, 9.17) is 47.2 Å². The number of carbonyl (C=O) groups excluding carboxylic acids is 1. The molecule has 0 aromatic rings. The molecule has 5 unspecified atom stereocenters. The van der Waals surface area contributed by atoms with Gasteiger partial charge in [-0.2, -0.15) is 0 Å². The Morgan fingerprint density at radius 1 is 0.909 bits per heavy atom. The summed E-state index contributed by atoms with van der Waals surface area (Å²) in [5, 5.41) is 60.4. The van der Waals surface area contributed by atoms with E-state index in [1.807, 2.05) is 0 Å². The highest BCUT2D eigenvalue weighted by Crippen LogP contribution is 2.04. The van der Waals surface area contributed by atoms with Crippen LogP contribution in [0.4, 0.5) is 0 Å². The largest absolute Gasteiger partial charge is 0.480 e. The highest BCUT2D eigenvalue weighted by molar-refractivity contribution is 5.76. The molecule has 5 atom stereocenters. The topological polar surface area (TPSA) is 228 Å². The van der Waals surface area contributed by atoms with Gasteiger partial charge in [-0.15, -0.1) is 0 Å². The first-order valence-corrected chi connectivity index (χ1v) is 6.29. The van der Waals surface area contributed by atoms with Crippen molar-refractivity contribution in [2.24, 2.45) is 11.5 Å². The quantitative estimate of drug-likeness (QED) is 0.196. The van der Waals surface area contributed by atoms with Crippen molar-refractivity contribution in [3.05, 3.63) is 0 Å². The van der Waals surface area contributed by atoms with Crippen LogP contribution in [-0.4, -0.2) is 91.3 Å². The number of carboxylic acids is 1. The molecule has 0 aliphatic carbocycles. The molecule has 1 amide bonds. The minimum atomic E-state index is -1.67. The van der Waals surface area contributed by atoms with Gasteiger partial charge in [0.2, 0.25) is 5.91 Å². The van der Waals surface area contributed by atoms with Gasteiger partial charge in [0.05, 0.1) is 13.2 Å². The molecule has 0 heterocycles. The Hall–Kier alpha value is -1.34. The van der Waals surface area contributed by atoms with Crippen LogP contribution in [0.5, 0.6) is 0 Å². The van der Waals surface area contributed by atoms with E-state index in [9.17, 15) is 9.59 Å². The number of hydrogen-bond donors (Lipinski definition) is 9. The van der Waals surface area contributed by atoms with Crippen LogP contribution in [0.3, 0.4) is 0 Å². The van der Waals surface area contributed by atoms with Gasteiger partial charge in [0.1, 0.15) is 30.5 Å². The maximum atomic E-state index is 10.1. The fourth-order valence-corrected chi connectivity index (χ4v) is 1.09. The second kappa shape index (κ2) is 12.2. The number of aliphatic carboxylic acids is 1. The van der Waals surface area contributed by atoms with Crippen molar-refractivity contribution in [1.82, 2.24) is 0 Å². The Morgan fingerprint density at radius 3 is 1.50 bits per heavy atom. The fraction of sp³-hybridized carbons (Fsp3) is 0.818. The zero-order chi connectivity index (χ0) is 17.9. The van der Waals surface area contributed by atoms with Crippen LogP contribution in [0, 0.1) is 0 Å². The standard InChI is InChI=1S/C6H14O6.C5H10N2O3/c7-1-3(9)5(11)6(12)4(10)2-8;6-3(5(9)10)1-2-4(7)8/h3-12H,1-2H2;3H,1-2,6H2,(H2,7,8)(H,9,10). The number of carboxylic acid groups (broad SMARTS) is 1. The molecule has 0 aliphatic heterocycles. The zero-order valence-electron chi connectivity index (χ0n) is 11.8. The van der Waals surface area contributed by atoms with E-state index < -0.39 is 55.5 Å². The Balaban J connectivity index is 0. The summed E-state index contributed by atoms with van der Waals surface area (Å²) in [5.74, 6) is -1.64. The normalized spacial score (nSPS) is 17.4. The SMILES string of the molecule is NC(=O)CCC(N)C(=O)O.OCC(O)C(O)C(O)C(O)CO. The minimum absolute atomic E-state index is 0.0213. The fourth-order valence-electron chi connectivity index (χ4n) is 1.09. The van der Waals surface area contributed by atoms with E-state index >= 15 is 0 Å². The maximum Gasteiger partial charge on any atom is 0.320 e. The second-order valence-electron chi connectivity index (χ2n) is 4.43. The molecule has 0 radical (unpaired) electrons. The van der Waals surface area contributed by atoms with E-state index in [2.05, 4.69) is 0 Å². The number of aliphatic hydroxyl groups is 6. The molecule has 22 heavy (non-hydrogen) atoms. The first-order valence-electron chi connectivity index (χ1n) is 6.29. The summed E-state index contributed by atoms with van der Waals surface area (Å²) in [6.45, 7) is -1.45. The summed E-state index contributed by atoms with van der Waals surface area (Å²) >= 11 is 0. The molecule has 0 bridgehead atoms. The van der Waals surface area contributed by atoms with Crippen LogP contribution in [0.25, 0.3) is 0 Å². The molecule has 11 heteroatoms. The number of carbonyl (C=O) groups is 2. The summed E-state index contributed by atoms with van der Waals surface area (Å²) in [6.07, 6.45) is -6.27. The van der Waals surface area contributed by atoms with Gasteiger partial charge in [-0.05, 0) is 6.42 Å². The second-order valence-corrected chi connectivity index (χ2v) is 4.43. The van der Waals surface area contributed by atoms with E-state index in [0.29, 0.717) is 0 Å². The first kappa shape index (κ1) is 22.9. The molecule has 11 N–H and O–H groups in total. The molecule has 0 aromatic heterocycles.